The van der Waals surface area contributed by atoms with Gasteiger partial charge in [0.25, 0.3) is 5.91 Å². The van der Waals surface area contributed by atoms with Gasteiger partial charge in [-0.05, 0) is 30.3 Å². The van der Waals surface area contributed by atoms with Crippen LogP contribution in [-0.4, -0.2) is 21.6 Å². The minimum atomic E-state index is -0.565. The van der Waals surface area contributed by atoms with Crippen molar-refractivity contribution in [1.29, 1.82) is 0 Å². The molecule has 4 aromatic rings. The maximum absolute atomic E-state index is 13.3. The summed E-state index contributed by atoms with van der Waals surface area (Å²) >= 11 is 1.80. The van der Waals surface area contributed by atoms with Crippen LogP contribution in [0.3, 0.4) is 0 Å². The van der Waals surface area contributed by atoms with Crippen LogP contribution in [0.1, 0.15) is 33.4 Å². The Labute approximate surface area is 200 Å². The predicted octanol–water partition coefficient (Wildman–Crippen LogP) is 6.56. The standard InChI is InChI=1S/C23H16FN3O5S2/c1-2-17(28)13-3-5-14(6-4-13)20-22(32-16-9-7-15(24)8-10-16)34-23(25-20)26-21(29)18-11-12-19(33-18)27(30)31/h3-12H,2H2,1H3,(H,25,26,29). The molecule has 0 fully saturated rings. The number of thiophene rings is 1. The SMILES string of the molecule is CCC(=O)c1ccc(-c2nc(NC(=O)c3ccc([N+](=O)[O-])s3)sc2Oc2ccc(F)cc2)cc1. The van der Waals surface area contributed by atoms with Crippen LogP contribution in [0.5, 0.6) is 10.8 Å². The molecule has 0 spiro atoms. The lowest BCUT2D eigenvalue weighted by Crippen LogP contribution is -2.09. The van der Waals surface area contributed by atoms with Crippen molar-refractivity contribution in [2.75, 3.05) is 5.32 Å². The first-order valence-electron chi connectivity index (χ1n) is 9.97. The molecule has 2 aromatic heterocycles. The molecule has 0 bridgehead atoms. The number of nitrogens with zero attached hydrogens (tertiary/aromatic N) is 2. The van der Waals surface area contributed by atoms with E-state index in [-0.39, 0.29) is 20.8 Å². The molecule has 0 radical (unpaired) electrons. The number of carbonyl (C=O) groups excluding carboxylic acids is 2. The second-order valence-corrected chi connectivity index (χ2v) is 8.94. The first-order valence-corrected chi connectivity index (χ1v) is 11.6. The van der Waals surface area contributed by atoms with E-state index in [0.717, 1.165) is 22.7 Å². The molecule has 0 aliphatic heterocycles. The molecule has 34 heavy (non-hydrogen) atoms. The summed E-state index contributed by atoms with van der Waals surface area (Å²) in [5, 5.41) is 13.9. The van der Waals surface area contributed by atoms with E-state index in [1.54, 1.807) is 31.2 Å². The summed E-state index contributed by atoms with van der Waals surface area (Å²) in [7, 11) is 0. The summed E-state index contributed by atoms with van der Waals surface area (Å²) in [6, 6.07) is 14.9. The van der Waals surface area contributed by atoms with Gasteiger partial charge in [-0.25, -0.2) is 9.37 Å². The van der Waals surface area contributed by atoms with Gasteiger partial charge in [-0.15, -0.1) is 0 Å². The van der Waals surface area contributed by atoms with Crippen LogP contribution in [0, 0.1) is 15.9 Å². The van der Waals surface area contributed by atoms with Crippen molar-refractivity contribution < 1.29 is 23.6 Å². The first kappa shape index (κ1) is 23.2. The van der Waals surface area contributed by atoms with Crippen LogP contribution in [0.25, 0.3) is 11.3 Å². The van der Waals surface area contributed by atoms with Gasteiger partial charge in [0.2, 0.25) is 5.06 Å². The average molecular weight is 498 g/mol. The lowest BCUT2D eigenvalue weighted by atomic mass is 10.1. The summed E-state index contributed by atoms with van der Waals surface area (Å²) in [5.74, 6) is -0.580. The number of ether oxygens (including phenoxy) is 1. The third-order valence-electron chi connectivity index (χ3n) is 4.64. The number of nitro groups is 1. The van der Waals surface area contributed by atoms with Crippen LogP contribution < -0.4 is 10.1 Å². The number of thiazole rings is 1. The number of halogens is 1. The molecule has 11 heteroatoms. The van der Waals surface area contributed by atoms with Crippen molar-refractivity contribution >= 4 is 44.5 Å². The van der Waals surface area contributed by atoms with Gasteiger partial charge in [0.1, 0.15) is 17.3 Å². The summed E-state index contributed by atoms with van der Waals surface area (Å²) < 4.78 is 19.2. The van der Waals surface area contributed by atoms with Gasteiger partial charge in [-0.1, -0.05) is 53.9 Å². The zero-order valence-electron chi connectivity index (χ0n) is 17.6. The number of Topliss-reactive ketones (excluding diaryl/α,β-unsaturated/α-hetero) is 1. The molecule has 0 saturated carbocycles. The van der Waals surface area contributed by atoms with Crippen molar-refractivity contribution in [2.45, 2.75) is 13.3 Å². The normalized spacial score (nSPS) is 10.6. The van der Waals surface area contributed by atoms with E-state index < -0.39 is 16.6 Å². The molecular formula is C23H16FN3O5S2. The van der Waals surface area contributed by atoms with Crippen molar-refractivity contribution in [3.8, 4) is 22.1 Å². The predicted molar refractivity (Wildman–Crippen MR) is 128 cm³/mol. The maximum Gasteiger partial charge on any atom is 0.324 e. The Balaban J connectivity index is 1.65. The number of aromatic nitrogens is 1. The second kappa shape index (κ2) is 9.89. The van der Waals surface area contributed by atoms with Crippen LogP contribution in [0.4, 0.5) is 14.5 Å². The Bertz CT molecular complexity index is 1360. The van der Waals surface area contributed by atoms with Crippen LogP contribution in [0.15, 0.2) is 60.7 Å². The molecule has 0 aliphatic rings. The zero-order valence-corrected chi connectivity index (χ0v) is 19.2. The Morgan fingerprint density at radius 2 is 1.76 bits per heavy atom. The molecule has 0 unspecified atom stereocenters. The van der Waals surface area contributed by atoms with Gasteiger partial charge >= 0.3 is 5.00 Å². The van der Waals surface area contributed by atoms with E-state index >= 15 is 0 Å². The summed E-state index contributed by atoms with van der Waals surface area (Å²) in [6.45, 7) is 1.78. The average Bonchev–Trinajstić information content (AvgIpc) is 3.48. The molecule has 0 atom stereocenters. The fraction of sp³-hybridized carbons (Fsp3) is 0.0870. The number of benzene rings is 2. The Hall–Kier alpha value is -3.96. The van der Waals surface area contributed by atoms with Gasteiger partial charge in [-0.2, -0.15) is 0 Å². The third-order valence-corrected chi connectivity index (χ3v) is 6.52. The molecule has 8 nitrogen and oxygen atoms in total. The number of rotatable bonds is 8. The van der Waals surface area contributed by atoms with Crippen molar-refractivity contribution in [1.82, 2.24) is 4.98 Å². The maximum atomic E-state index is 13.3. The van der Waals surface area contributed by atoms with Crippen molar-refractivity contribution in [3.05, 3.63) is 87.0 Å². The summed E-state index contributed by atoms with van der Waals surface area (Å²) in [6.07, 6.45) is 0.381. The van der Waals surface area contributed by atoms with Gasteiger partial charge < -0.3 is 4.74 Å². The largest absolute Gasteiger partial charge is 0.444 e. The minimum Gasteiger partial charge on any atom is -0.444 e. The number of nitrogens with one attached hydrogen (secondary N) is 1. The molecule has 0 saturated heterocycles. The molecule has 172 valence electrons. The van der Waals surface area contributed by atoms with E-state index in [2.05, 4.69) is 10.3 Å². The quantitative estimate of drug-likeness (QED) is 0.168. The number of hydrogen-bond donors (Lipinski definition) is 1. The van der Waals surface area contributed by atoms with Crippen LogP contribution in [-0.2, 0) is 0 Å². The number of carbonyl (C=O) groups is 2. The molecule has 2 heterocycles. The number of ketones is 1. The van der Waals surface area contributed by atoms with E-state index in [9.17, 15) is 24.1 Å². The van der Waals surface area contributed by atoms with Crippen molar-refractivity contribution in [3.63, 3.8) is 0 Å². The molecule has 2 aromatic carbocycles. The first-order chi connectivity index (χ1) is 16.3. The lowest BCUT2D eigenvalue weighted by molar-refractivity contribution is -0.380. The van der Waals surface area contributed by atoms with Crippen LogP contribution >= 0.6 is 22.7 Å². The van der Waals surface area contributed by atoms with Gasteiger partial charge in [-0.3, -0.25) is 25.0 Å². The highest BCUT2D eigenvalue weighted by molar-refractivity contribution is 7.19. The molecule has 1 N–H and O–H groups in total. The van der Waals surface area contributed by atoms with E-state index in [1.807, 2.05) is 0 Å². The monoisotopic (exact) mass is 497 g/mol. The molecular weight excluding hydrogens is 481 g/mol. The topological polar surface area (TPSA) is 111 Å². The molecule has 4 rings (SSSR count). The Morgan fingerprint density at radius 1 is 1.06 bits per heavy atom. The second-order valence-electron chi connectivity index (χ2n) is 6.91. The third kappa shape index (κ3) is 5.16. The number of anilines is 1. The van der Waals surface area contributed by atoms with Gasteiger partial charge in [0.15, 0.2) is 10.9 Å². The number of amides is 1. The minimum absolute atomic E-state index is 0.00519. The van der Waals surface area contributed by atoms with Crippen molar-refractivity contribution in [2.24, 2.45) is 0 Å². The fourth-order valence-electron chi connectivity index (χ4n) is 2.95. The Morgan fingerprint density at radius 3 is 2.38 bits per heavy atom. The summed E-state index contributed by atoms with van der Waals surface area (Å²) in [5.41, 5.74) is 1.63. The fourth-order valence-corrected chi connectivity index (χ4v) is 4.52. The highest BCUT2D eigenvalue weighted by Gasteiger charge is 2.20. The summed E-state index contributed by atoms with van der Waals surface area (Å²) in [4.78, 5) is 39.5. The highest BCUT2D eigenvalue weighted by atomic mass is 32.1. The van der Waals surface area contributed by atoms with Crippen LogP contribution in [0.2, 0.25) is 0 Å². The lowest BCUT2D eigenvalue weighted by Gasteiger charge is -2.06. The van der Waals surface area contributed by atoms with Gasteiger partial charge in [0.05, 0.1) is 9.80 Å². The van der Waals surface area contributed by atoms with E-state index in [0.29, 0.717) is 34.1 Å². The van der Waals surface area contributed by atoms with E-state index in [4.69, 9.17) is 4.74 Å². The van der Waals surface area contributed by atoms with E-state index in [1.165, 1.54) is 36.4 Å². The highest BCUT2D eigenvalue weighted by Crippen LogP contribution is 2.41. The number of hydrogen-bond acceptors (Lipinski definition) is 8. The molecule has 1 amide bonds. The van der Waals surface area contributed by atoms with Gasteiger partial charge in [0, 0.05) is 23.6 Å². The Kier molecular flexibility index (Phi) is 6.75. The molecule has 0 aliphatic carbocycles. The zero-order chi connectivity index (χ0) is 24.2. The smallest absolute Gasteiger partial charge is 0.324 e.